The number of aliphatic hydroxyl groups excluding tert-OH is 1. The van der Waals surface area contributed by atoms with Crippen LogP contribution in [0.3, 0.4) is 0 Å². The summed E-state index contributed by atoms with van der Waals surface area (Å²) in [5.41, 5.74) is 4.72. The van der Waals surface area contributed by atoms with Crippen LogP contribution in [-0.4, -0.2) is 29.8 Å². The zero-order chi connectivity index (χ0) is 10.2. The van der Waals surface area contributed by atoms with Gasteiger partial charge < -0.3 is 15.6 Å². The van der Waals surface area contributed by atoms with E-state index in [2.05, 4.69) is 4.74 Å². The predicted octanol–water partition coefficient (Wildman–Crippen LogP) is 0.284. The Morgan fingerprint density at radius 2 is 1.92 bits per heavy atom. The van der Waals surface area contributed by atoms with E-state index in [0.29, 0.717) is 6.47 Å². The van der Waals surface area contributed by atoms with Gasteiger partial charge in [-0.15, -0.1) is 0 Å². The van der Waals surface area contributed by atoms with Crippen LogP contribution >= 0.6 is 0 Å². The van der Waals surface area contributed by atoms with E-state index >= 15 is 0 Å². The quantitative estimate of drug-likeness (QED) is 0.594. The van der Waals surface area contributed by atoms with Crippen molar-refractivity contribution in [3.8, 4) is 0 Å². The van der Waals surface area contributed by atoms with E-state index < -0.39 is 0 Å². The molecular formula is C8H19NO3. The Bertz CT molecular complexity index is 107. The highest BCUT2D eigenvalue weighted by molar-refractivity contribution is 5.37. The molecular weight excluding hydrogens is 158 g/mol. The van der Waals surface area contributed by atoms with Crippen LogP contribution in [0.1, 0.15) is 27.7 Å². The molecule has 0 aliphatic heterocycles. The van der Waals surface area contributed by atoms with Crippen molar-refractivity contribution in [2.75, 3.05) is 6.61 Å². The fraction of sp³-hybridized carbons (Fsp3) is 0.875. The maximum absolute atomic E-state index is 9.60. The fourth-order valence-electron chi connectivity index (χ4n) is 0.144. The normalized spacial score (nSPS) is 12.5. The maximum atomic E-state index is 9.60. The second-order valence-corrected chi connectivity index (χ2v) is 3.49. The molecule has 0 aromatic carbocycles. The summed E-state index contributed by atoms with van der Waals surface area (Å²) in [6, 6.07) is -0.0602. The Hall–Kier alpha value is -0.610. The lowest BCUT2D eigenvalue weighted by atomic mass is 10.2. The van der Waals surface area contributed by atoms with Crippen LogP contribution in [0.15, 0.2) is 0 Å². The summed E-state index contributed by atoms with van der Waals surface area (Å²) in [6.07, 6.45) is 0. The van der Waals surface area contributed by atoms with Gasteiger partial charge in [-0.05, 0) is 27.7 Å². The van der Waals surface area contributed by atoms with Gasteiger partial charge >= 0.3 is 0 Å². The average Bonchev–Trinajstić information content (AvgIpc) is 1.86. The third-order valence-corrected chi connectivity index (χ3v) is 0.690. The van der Waals surface area contributed by atoms with Gasteiger partial charge in [-0.3, -0.25) is 4.79 Å². The minimum Gasteiger partial charge on any atom is -0.462 e. The van der Waals surface area contributed by atoms with Gasteiger partial charge in [-0.1, -0.05) is 0 Å². The zero-order valence-electron chi connectivity index (χ0n) is 8.20. The molecule has 1 atom stereocenters. The average molecular weight is 177 g/mol. The molecule has 0 aromatic rings. The van der Waals surface area contributed by atoms with Gasteiger partial charge in [0.2, 0.25) is 0 Å². The monoisotopic (exact) mass is 177 g/mol. The number of aliphatic hydroxyl groups is 1. The van der Waals surface area contributed by atoms with Crippen LogP contribution < -0.4 is 5.73 Å². The van der Waals surface area contributed by atoms with E-state index in [1.807, 2.05) is 20.8 Å². The standard InChI is InChI=1S/C5H10O2.C3H9NO/c1-5(2,3)7-4-6;1-3(4)2-5/h4H,1-3H3;3,5H,2,4H2,1H3. The van der Waals surface area contributed by atoms with Gasteiger partial charge in [0.1, 0.15) is 5.60 Å². The highest BCUT2D eigenvalue weighted by atomic mass is 16.5. The van der Waals surface area contributed by atoms with Gasteiger partial charge in [0.15, 0.2) is 0 Å². The van der Waals surface area contributed by atoms with Crippen LogP contribution in [0.4, 0.5) is 0 Å². The smallest absolute Gasteiger partial charge is 0.293 e. The van der Waals surface area contributed by atoms with Crippen molar-refractivity contribution < 1.29 is 14.6 Å². The van der Waals surface area contributed by atoms with Gasteiger partial charge in [-0.25, -0.2) is 0 Å². The molecule has 74 valence electrons. The van der Waals surface area contributed by atoms with E-state index in [-0.39, 0.29) is 18.2 Å². The van der Waals surface area contributed by atoms with Crippen molar-refractivity contribution >= 4 is 6.47 Å². The molecule has 0 aromatic heterocycles. The summed E-state index contributed by atoms with van der Waals surface area (Å²) in [7, 11) is 0. The number of rotatable bonds is 2. The molecule has 3 N–H and O–H groups in total. The summed E-state index contributed by atoms with van der Waals surface area (Å²) < 4.78 is 4.55. The molecule has 12 heavy (non-hydrogen) atoms. The van der Waals surface area contributed by atoms with Crippen LogP contribution in [0, 0.1) is 0 Å². The largest absolute Gasteiger partial charge is 0.462 e. The van der Waals surface area contributed by atoms with Gasteiger partial charge in [-0.2, -0.15) is 0 Å². The lowest BCUT2D eigenvalue weighted by Gasteiger charge is -2.14. The molecule has 0 radical (unpaired) electrons. The zero-order valence-corrected chi connectivity index (χ0v) is 8.20. The molecule has 0 spiro atoms. The van der Waals surface area contributed by atoms with Gasteiger partial charge in [0.25, 0.3) is 6.47 Å². The van der Waals surface area contributed by atoms with Crippen LogP contribution in [0.5, 0.6) is 0 Å². The topological polar surface area (TPSA) is 72.5 Å². The first-order valence-corrected chi connectivity index (χ1v) is 3.81. The number of nitrogens with two attached hydrogens (primary N) is 1. The molecule has 4 nitrogen and oxygen atoms in total. The fourth-order valence-corrected chi connectivity index (χ4v) is 0.144. The lowest BCUT2D eigenvalue weighted by molar-refractivity contribution is -0.138. The number of ether oxygens (including phenoxy) is 1. The van der Waals surface area contributed by atoms with Crippen LogP contribution in [-0.2, 0) is 9.53 Å². The Labute approximate surface area is 73.7 Å². The summed E-state index contributed by atoms with van der Waals surface area (Å²) in [5.74, 6) is 0. The first-order chi connectivity index (χ1) is 5.33. The molecule has 0 saturated carbocycles. The Kier molecular flexibility index (Phi) is 8.21. The second kappa shape index (κ2) is 7.06. The van der Waals surface area contributed by atoms with Crippen LogP contribution in [0.2, 0.25) is 0 Å². The summed E-state index contributed by atoms with van der Waals surface area (Å²) >= 11 is 0. The highest BCUT2D eigenvalue weighted by Crippen LogP contribution is 2.02. The van der Waals surface area contributed by atoms with Crippen molar-refractivity contribution in [2.45, 2.75) is 39.3 Å². The third kappa shape index (κ3) is 22.8. The SMILES string of the molecule is CC(C)(C)OC=O.CC(N)CO. The van der Waals surface area contributed by atoms with Crippen molar-refractivity contribution in [1.82, 2.24) is 0 Å². The van der Waals surface area contributed by atoms with Crippen molar-refractivity contribution in [3.05, 3.63) is 0 Å². The number of hydrogen-bond acceptors (Lipinski definition) is 4. The van der Waals surface area contributed by atoms with Gasteiger partial charge in [0, 0.05) is 6.04 Å². The molecule has 0 fully saturated rings. The summed E-state index contributed by atoms with van der Waals surface area (Å²) in [6.45, 7) is 7.75. The molecule has 0 rings (SSSR count). The number of carbonyl (C=O) groups excluding carboxylic acids is 1. The minimum absolute atomic E-state index is 0.0602. The Morgan fingerprint density at radius 3 is 1.92 bits per heavy atom. The van der Waals surface area contributed by atoms with E-state index in [1.54, 1.807) is 6.92 Å². The highest BCUT2D eigenvalue weighted by Gasteiger charge is 2.07. The molecule has 0 heterocycles. The number of carbonyl (C=O) groups is 1. The Balaban J connectivity index is 0. The predicted molar refractivity (Wildman–Crippen MR) is 47.6 cm³/mol. The minimum atomic E-state index is -0.318. The first-order valence-electron chi connectivity index (χ1n) is 3.81. The maximum Gasteiger partial charge on any atom is 0.293 e. The van der Waals surface area contributed by atoms with Crippen molar-refractivity contribution in [1.29, 1.82) is 0 Å². The van der Waals surface area contributed by atoms with Crippen LogP contribution in [0.25, 0.3) is 0 Å². The summed E-state index contributed by atoms with van der Waals surface area (Å²) in [4.78, 5) is 9.60. The summed E-state index contributed by atoms with van der Waals surface area (Å²) in [5, 5.41) is 8.02. The van der Waals surface area contributed by atoms with Crippen molar-refractivity contribution in [3.63, 3.8) is 0 Å². The molecule has 0 aliphatic carbocycles. The molecule has 0 saturated heterocycles. The second-order valence-electron chi connectivity index (χ2n) is 3.49. The number of hydrogen-bond donors (Lipinski definition) is 2. The molecule has 0 aliphatic rings. The van der Waals surface area contributed by atoms with Crippen molar-refractivity contribution in [2.24, 2.45) is 5.73 Å². The van der Waals surface area contributed by atoms with E-state index in [4.69, 9.17) is 10.8 Å². The molecule has 4 heteroatoms. The van der Waals surface area contributed by atoms with E-state index in [1.165, 1.54) is 0 Å². The third-order valence-electron chi connectivity index (χ3n) is 0.690. The molecule has 0 amide bonds. The first kappa shape index (κ1) is 13.9. The van der Waals surface area contributed by atoms with E-state index in [0.717, 1.165) is 0 Å². The molecule has 1 unspecified atom stereocenters. The Morgan fingerprint density at radius 1 is 1.58 bits per heavy atom. The van der Waals surface area contributed by atoms with E-state index in [9.17, 15) is 4.79 Å². The molecule has 0 bridgehead atoms. The lowest BCUT2D eigenvalue weighted by Crippen LogP contribution is -2.18. The van der Waals surface area contributed by atoms with Gasteiger partial charge in [0.05, 0.1) is 6.61 Å².